The van der Waals surface area contributed by atoms with Crippen LogP contribution in [0.25, 0.3) is 0 Å². The Bertz CT molecular complexity index is 694. The first-order valence-electron chi connectivity index (χ1n) is 7.27. The van der Waals surface area contributed by atoms with Crippen molar-refractivity contribution in [1.29, 1.82) is 0 Å². The summed E-state index contributed by atoms with van der Waals surface area (Å²) in [7, 11) is 0. The third-order valence-corrected chi connectivity index (χ3v) is 5.43. The summed E-state index contributed by atoms with van der Waals surface area (Å²) in [4.78, 5) is 9.54. The van der Waals surface area contributed by atoms with Crippen LogP contribution in [-0.2, 0) is 5.41 Å². The van der Waals surface area contributed by atoms with Crippen LogP contribution in [0.2, 0.25) is 0 Å². The number of aromatic nitrogens is 3. The van der Waals surface area contributed by atoms with Crippen LogP contribution in [0.1, 0.15) is 24.8 Å². The van der Waals surface area contributed by atoms with Crippen molar-refractivity contribution in [1.82, 2.24) is 14.5 Å². The van der Waals surface area contributed by atoms with E-state index in [2.05, 4.69) is 70.8 Å². The van der Waals surface area contributed by atoms with Crippen molar-refractivity contribution in [2.24, 2.45) is 0 Å². The third-order valence-electron chi connectivity index (χ3n) is 3.83. The second-order valence-corrected chi connectivity index (χ2v) is 6.90. The smallest absolute Gasteiger partial charge is 0.0956 e. The number of hydrogen-bond acceptors (Lipinski definition) is 3. The Kier molecular flexibility index (Phi) is 4.29. The summed E-state index contributed by atoms with van der Waals surface area (Å²) in [6.45, 7) is 4.56. The van der Waals surface area contributed by atoms with Crippen LogP contribution < -0.4 is 0 Å². The molecule has 0 saturated heterocycles. The summed E-state index contributed by atoms with van der Waals surface area (Å²) >= 11 is 1.83. The summed E-state index contributed by atoms with van der Waals surface area (Å²) in [5.41, 5.74) is 1.27. The molecular weight excluding hydrogens is 290 g/mol. The molecule has 0 spiro atoms. The van der Waals surface area contributed by atoms with Crippen LogP contribution in [0, 0.1) is 0 Å². The summed E-state index contributed by atoms with van der Waals surface area (Å²) in [5, 5.41) is 0.208. The number of rotatable bonds is 5. The zero-order chi connectivity index (χ0) is 15.4. The van der Waals surface area contributed by atoms with E-state index in [0.29, 0.717) is 0 Å². The van der Waals surface area contributed by atoms with Crippen LogP contribution in [0.15, 0.2) is 78.5 Å². The Morgan fingerprint density at radius 1 is 0.955 bits per heavy atom. The third kappa shape index (κ3) is 3.07. The minimum absolute atomic E-state index is 0.0457. The molecular formula is C18H19N3S. The Labute approximate surface area is 135 Å². The van der Waals surface area contributed by atoms with E-state index in [9.17, 15) is 0 Å². The molecule has 22 heavy (non-hydrogen) atoms. The molecule has 0 bridgehead atoms. The van der Waals surface area contributed by atoms with Gasteiger partial charge in [0.15, 0.2) is 0 Å². The van der Waals surface area contributed by atoms with Gasteiger partial charge in [0, 0.05) is 35.1 Å². The van der Waals surface area contributed by atoms with E-state index in [4.69, 9.17) is 0 Å². The van der Waals surface area contributed by atoms with Gasteiger partial charge in [0.1, 0.15) is 0 Å². The van der Waals surface area contributed by atoms with E-state index in [1.54, 1.807) is 0 Å². The van der Waals surface area contributed by atoms with Gasteiger partial charge in [-0.05, 0) is 17.7 Å². The van der Waals surface area contributed by atoms with Gasteiger partial charge in [0.2, 0.25) is 0 Å². The van der Waals surface area contributed by atoms with Crippen LogP contribution in [0.4, 0.5) is 0 Å². The van der Waals surface area contributed by atoms with Crippen molar-refractivity contribution < 1.29 is 0 Å². The van der Waals surface area contributed by atoms with E-state index < -0.39 is 0 Å². The molecule has 2 heterocycles. The largest absolute Gasteiger partial charge is 0.324 e. The second kappa shape index (κ2) is 6.36. The predicted molar refractivity (Wildman–Crippen MR) is 90.8 cm³/mol. The molecule has 0 amide bonds. The topological polar surface area (TPSA) is 30.7 Å². The minimum Gasteiger partial charge on any atom is -0.324 e. The molecule has 0 aliphatic rings. The molecule has 1 atom stereocenters. The van der Waals surface area contributed by atoms with Crippen LogP contribution in [-0.4, -0.2) is 14.5 Å². The molecule has 0 aliphatic heterocycles. The van der Waals surface area contributed by atoms with E-state index in [1.165, 1.54) is 10.5 Å². The van der Waals surface area contributed by atoms with Crippen molar-refractivity contribution in [3.05, 3.63) is 79.1 Å². The van der Waals surface area contributed by atoms with Gasteiger partial charge in [-0.1, -0.05) is 55.9 Å². The molecule has 112 valence electrons. The number of pyridine rings is 1. The molecule has 1 aromatic carbocycles. The lowest BCUT2D eigenvalue weighted by Crippen LogP contribution is -2.28. The van der Waals surface area contributed by atoms with Gasteiger partial charge >= 0.3 is 0 Å². The highest BCUT2D eigenvalue weighted by Gasteiger charge is 2.33. The highest BCUT2D eigenvalue weighted by atomic mass is 32.2. The van der Waals surface area contributed by atoms with E-state index >= 15 is 0 Å². The fourth-order valence-corrected chi connectivity index (χ4v) is 3.76. The Morgan fingerprint density at radius 2 is 1.68 bits per heavy atom. The van der Waals surface area contributed by atoms with E-state index in [-0.39, 0.29) is 10.8 Å². The summed E-state index contributed by atoms with van der Waals surface area (Å²) in [6, 6.07) is 14.7. The fourth-order valence-electron chi connectivity index (χ4n) is 2.54. The van der Waals surface area contributed by atoms with Gasteiger partial charge in [-0.3, -0.25) is 4.98 Å². The fraction of sp³-hybridized carbons (Fsp3) is 0.222. The van der Waals surface area contributed by atoms with Gasteiger partial charge in [-0.15, -0.1) is 0 Å². The maximum atomic E-state index is 4.23. The van der Waals surface area contributed by atoms with E-state index in [0.717, 1.165) is 0 Å². The number of thioether (sulfide) groups is 1. The van der Waals surface area contributed by atoms with Crippen LogP contribution in [0.5, 0.6) is 0 Å². The molecule has 0 radical (unpaired) electrons. The molecule has 0 saturated carbocycles. The maximum absolute atomic E-state index is 4.23. The average molecular weight is 309 g/mol. The SMILES string of the molecule is CC(C)(c1ccccc1)C(Sc1ccncc1)n1ccnc1. The van der Waals surface area contributed by atoms with Gasteiger partial charge in [0.25, 0.3) is 0 Å². The molecule has 0 N–H and O–H groups in total. The number of imidazole rings is 1. The first kappa shape index (κ1) is 14.9. The van der Waals surface area contributed by atoms with Gasteiger partial charge < -0.3 is 4.57 Å². The predicted octanol–water partition coefficient (Wildman–Crippen LogP) is 4.55. The van der Waals surface area contributed by atoms with Crippen LogP contribution >= 0.6 is 11.8 Å². The first-order valence-corrected chi connectivity index (χ1v) is 8.15. The molecule has 4 heteroatoms. The summed E-state index contributed by atoms with van der Waals surface area (Å²) < 4.78 is 2.18. The highest BCUT2D eigenvalue weighted by molar-refractivity contribution is 7.99. The molecule has 2 aromatic heterocycles. The lowest BCUT2D eigenvalue weighted by atomic mass is 9.84. The number of benzene rings is 1. The van der Waals surface area contributed by atoms with Gasteiger partial charge in [0.05, 0.1) is 11.7 Å². The van der Waals surface area contributed by atoms with Crippen LogP contribution in [0.3, 0.4) is 0 Å². The monoisotopic (exact) mass is 309 g/mol. The highest BCUT2D eigenvalue weighted by Crippen LogP contribution is 2.45. The zero-order valence-electron chi connectivity index (χ0n) is 12.8. The molecule has 3 nitrogen and oxygen atoms in total. The molecule has 0 aliphatic carbocycles. The van der Waals surface area contributed by atoms with Gasteiger partial charge in [-0.25, -0.2) is 4.98 Å². The Hall–Kier alpha value is -2.07. The Morgan fingerprint density at radius 3 is 2.32 bits per heavy atom. The Balaban J connectivity index is 1.99. The molecule has 3 aromatic rings. The van der Waals surface area contributed by atoms with E-state index in [1.807, 2.05) is 42.9 Å². The standard InChI is InChI=1S/C18H19N3S/c1-18(2,15-6-4-3-5-7-15)17(21-13-12-20-14-21)22-16-8-10-19-11-9-16/h3-14,17H,1-2H3. The lowest BCUT2D eigenvalue weighted by Gasteiger charge is -2.35. The first-order chi connectivity index (χ1) is 10.7. The maximum Gasteiger partial charge on any atom is 0.0956 e. The zero-order valence-corrected chi connectivity index (χ0v) is 13.6. The van der Waals surface area contributed by atoms with Crippen molar-refractivity contribution in [2.75, 3.05) is 0 Å². The average Bonchev–Trinajstić information content (AvgIpc) is 3.08. The minimum atomic E-state index is -0.0457. The molecule has 1 unspecified atom stereocenters. The van der Waals surface area contributed by atoms with Crippen molar-refractivity contribution in [3.8, 4) is 0 Å². The number of hydrogen-bond donors (Lipinski definition) is 0. The molecule has 3 rings (SSSR count). The van der Waals surface area contributed by atoms with Crippen molar-refractivity contribution >= 4 is 11.8 Å². The number of nitrogens with zero attached hydrogens (tertiary/aromatic N) is 3. The van der Waals surface area contributed by atoms with Gasteiger partial charge in [-0.2, -0.15) is 0 Å². The lowest BCUT2D eigenvalue weighted by molar-refractivity contribution is 0.421. The van der Waals surface area contributed by atoms with Crippen molar-refractivity contribution in [3.63, 3.8) is 0 Å². The second-order valence-electron chi connectivity index (χ2n) is 5.75. The summed E-state index contributed by atoms with van der Waals surface area (Å²) in [5.74, 6) is 0. The normalized spacial score (nSPS) is 13.0. The van der Waals surface area contributed by atoms with Crippen molar-refractivity contribution in [2.45, 2.75) is 29.5 Å². The molecule has 0 fully saturated rings. The quantitative estimate of drug-likeness (QED) is 0.648. The summed E-state index contributed by atoms with van der Waals surface area (Å²) in [6.07, 6.45) is 9.43.